The van der Waals surface area contributed by atoms with E-state index >= 15 is 0 Å². The van der Waals surface area contributed by atoms with Gasteiger partial charge in [0.2, 0.25) is 5.28 Å². The largest absolute Gasteiger partial charge is 0.382 e. The molecule has 2 aromatic heterocycles. The highest BCUT2D eigenvalue weighted by molar-refractivity contribution is 7.39. The lowest BCUT2D eigenvalue weighted by molar-refractivity contribution is -0.174. The molecule has 2 aliphatic rings. The molecule has 1 aliphatic heterocycles. The van der Waals surface area contributed by atoms with Crippen LogP contribution in [0.25, 0.3) is 11.2 Å². The molecule has 11 heteroatoms. The summed E-state index contributed by atoms with van der Waals surface area (Å²) in [5.41, 5.74) is 6.68. The van der Waals surface area contributed by atoms with Crippen LogP contribution in [-0.2, 0) is 18.6 Å². The SMILES string of the molecule is CCO[PH](=O)C[C@@]1(CC)[C@H](C)[C@@H](n2cnc3c(N)nc(Cl)nc32)[C@@H]2OC(C)(C)O[C@@H]21. The van der Waals surface area contributed by atoms with Crippen LogP contribution in [0.3, 0.4) is 0 Å². The number of hydrogen-bond acceptors (Lipinski definition) is 8. The monoisotopic (exact) mass is 457 g/mol. The molecule has 166 valence electrons. The molecule has 0 spiro atoms. The highest BCUT2D eigenvalue weighted by Crippen LogP contribution is 2.61. The first kappa shape index (κ1) is 22.0. The van der Waals surface area contributed by atoms with Crippen LogP contribution in [0.15, 0.2) is 6.33 Å². The molecule has 2 fully saturated rings. The number of hydrogen-bond donors (Lipinski definition) is 1. The molecule has 1 aliphatic carbocycles. The van der Waals surface area contributed by atoms with E-state index in [0.717, 1.165) is 6.42 Å². The van der Waals surface area contributed by atoms with Crippen LogP contribution >= 0.6 is 19.6 Å². The summed E-state index contributed by atoms with van der Waals surface area (Å²) in [6.45, 7) is 10.3. The van der Waals surface area contributed by atoms with E-state index in [-0.39, 0.29) is 40.7 Å². The maximum absolute atomic E-state index is 12.7. The van der Waals surface area contributed by atoms with Crippen LogP contribution in [0.5, 0.6) is 0 Å². The van der Waals surface area contributed by atoms with Crippen molar-refractivity contribution in [2.24, 2.45) is 11.3 Å². The second-order valence-corrected chi connectivity index (χ2v) is 10.3. The summed E-state index contributed by atoms with van der Waals surface area (Å²) in [6, 6.07) is -0.150. The number of fused-ring (bicyclic) bond motifs is 2. The van der Waals surface area contributed by atoms with Gasteiger partial charge in [-0.15, -0.1) is 0 Å². The molecule has 0 amide bonds. The van der Waals surface area contributed by atoms with Crippen molar-refractivity contribution >= 4 is 36.6 Å². The number of anilines is 1. The Bertz CT molecular complexity index is 985. The van der Waals surface area contributed by atoms with Crippen molar-refractivity contribution in [1.29, 1.82) is 0 Å². The third-order valence-electron chi connectivity index (χ3n) is 6.63. The van der Waals surface area contributed by atoms with Gasteiger partial charge in [-0.25, -0.2) is 4.98 Å². The molecule has 2 aromatic rings. The minimum absolute atomic E-state index is 0.0513. The quantitative estimate of drug-likeness (QED) is 0.516. The van der Waals surface area contributed by atoms with Crippen molar-refractivity contribution < 1.29 is 18.6 Å². The van der Waals surface area contributed by atoms with E-state index in [1.807, 2.05) is 25.3 Å². The maximum Gasteiger partial charge on any atom is 0.226 e. The summed E-state index contributed by atoms with van der Waals surface area (Å²) >= 11 is 6.09. The first-order chi connectivity index (χ1) is 14.1. The van der Waals surface area contributed by atoms with Gasteiger partial charge in [-0.1, -0.05) is 13.8 Å². The van der Waals surface area contributed by atoms with E-state index < -0.39 is 13.8 Å². The number of ether oxygens (including phenoxy) is 2. The standard InChI is InChI=1S/C19H29ClN5O4P/c1-6-19(8-30(26)27-7-2)10(3)12(13-14(19)29-18(4,5)28-13)25-9-22-11-15(21)23-17(20)24-16(11)25/h9-10,12-14,30H,6-8H2,1-5H3,(H2,21,23,24)/t10-,12-,13+,14+,19+/m1/s1. The molecular weight excluding hydrogens is 429 g/mol. The fourth-order valence-corrected chi connectivity index (χ4v) is 7.19. The molecule has 1 saturated heterocycles. The highest BCUT2D eigenvalue weighted by atomic mass is 35.5. The molecule has 6 atom stereocenters. The zero-order chi connectivity index (χ0) is 21.8. The van der Waals surface area contributed by atoms with Gasteiger partial charge in [0.25, 0.3) is 0 Å². The molecular formula is C19H29ClN5O4P. The third kappa shape index (κ3) is 3.35. The summed E-state index contributed by atoms with van der Waals surface area (Å²) in [4.78, 5) is 12.8. The summed E-state index contributed by atoms with van der Waals surface area (Å²) in [7, 11) is -2.22. The molecule has 30 heavy (non-hydrogen) atoms. The highest BCUT2D eigenvalue weighted by Gasteiger charge is 2.65. The minimum atomic E-state index is -2.22. The lowest BCUT2D eigenvalue weighted by atomic mass is 9.75. The summed E-state index contributed by atoms with van der Waals surface area (Å²) in [6.07, 6.45) is 2.41. The van der Waals surface area contributed by atoms with Crippen molar-refractivity contribution in [3.05, 3.63) is 11.6 Å². The first-order valence-corrected chi connectivity index (χ1v) is 12.2. The lowest BCUT2D eigenvalue weighted by Crippen LogP contribution is -2.41. The molecule has 3 heterocycles. The van der Waals surface area contributed by atoms with Gasteiger partial charge in [-0.3, -0.25) is 4.57 Å². The molecule has 0 radical (unpaired) electrons. The number of nitrogens with zero attached hydrogens (tertiary/aromatic N) is 4. The van der Waals surface area contributed by atoms with Gasteiger partial charge in [0.05, 0.1) is 25.1 Å². The minimum Gasteiger partial charge on any atom is -0.382 e. The Labute approximate surface area is 181 Å². The van der Waals surface area contributed by atoms with Gasteiger partial charge in [0, 0.05) is 11.6 Å². The van der Waals surface area contributed by atoms with Gasteiger partial charge >= 0.3 is 0 Å². The molecule has 1 unspecified atom stereocenters. The van der Waals surface area contributed by atoms with Crippen molar-refractivity contribution in [3.8, 4) is 0 Å². The fourth-order valence-electron chi connectivity index (χ4n) is 5.29. The van der Waals surface area contributed by atoms with Gasteiger partial charge < -0.3 is 24.3 Å². The van der Waals surface area contributed by atoms with Gasteiger partial charge in [0.1, 0.15) is 11.6 Å². The number of halogens is 1. The topological polar surface area (TPSA) is 114 Å². The number of nitrogens with two attached hydrogens (primary N) is 1. The normalized spacial score (nSPS) is 33.8. The van der Waals surface area contributed by atoms with Crippen molar-refractivity contribution in [2.75, 3.05) is 18.5 Å². The summed E-state index contributed by atoms with van der Waals surface area (Å²) < 4.78 is 33.0. The number of imidazole rings is 1. The Balaban J connectivity index is 1.84. The van der Waals surface area contributed by atoms with Crippen LogP contribution in [0.1, 0.15) is 47.1 Å². The zero-order valence-corrected chi connectivity index (χ0v) is 19.6. The maximum atomic E-state index is 12.7. The van der Waals surface area contributed by atoms with E-state index in [1.54, 1.807) is 6.33 Å². The number of rotatable bonds is 6. The molecule has 1 saturated carbocycles. The number of nitrogen functional groups attached to an aromatic ring is 1. The Morgan fingerprint density at radius 2 is 2.07 bits per heavy atom. The Hall–Kier alpha value is -1.25. The first-order valence-electron chi connectivity index (χ1n) is 10.3. The van der Waals surface area contributed by atoms with Crippen LogP contribution in [0.2, 0.25) is 5.28 Å². The Morgan fingerprint density at radius 3 is 2.73 bits per heavy atom. The lowest BCUT2D eigenvalue weighted by Gasteiger charge is -2.38. The molecule has 4 rings (SSSR count). The summed E-state index contributed by atoms with van der Waals surface area (Å²) in [5.74, 6) is -0.467. The second-order valence-electron chi connectivity index (χ2n) is 8.57. The van der Waals surface area contributed by atoms with Crippen molar-refractivity contribution in [1.82, 2.24) is 19.5 Å². The van der Waals surface area contributed by atoms with Crippen LogP contribution in [-0.4, -0.2) is 50.3 Å². The van der Waals surface area contributed by atoms with Gasteiger partial charge in [-0.2, -0.15) is 9.97 Å². The van der Waals surface area contributed by atoms with Crippen molar-refractivity contribution in [2.45, 2.75) is 65.1 Å². The number of aromatic nitrogens is 4. The van der Waals surface area contributed by atoms with Crippen LogP contribution in [0, 0.1) is 11.3 Å². The average molecular weight is 458 g/mol. The van der Waals surface area contributed by atoms with E-state index in [0.29, 0.717) is 23.9 Å². The van der Waals surface area contributed by atoms with Crippen molar-refractivity contribution in [3.63, 3.8) is 0 Å². The van der Waals surface area contributed by atoms with Gasteiger partial charge in [-0.05, 0) is 44.7 Å². The molecule has 0 aromatic carbocycles. The van der Waals surface area contributed by atoms with E-state index in [4.69, 9.17) is 31.3 Å². The predicted molar refractivity (Wildman–Crippen MR) is 115 cm³/mol. The Morgan fingerprint density at radius 1 is 1.33 bits per heavy atom. The van der Waals surface area contributed by atoms with E-state index in [9.17, 15) is 4.57 Å². The van der Waals surface area contributed by atoms with E-state index in [2.05, 4.69) is 28.8 Å². The molecule has 2 N–H and O–H groups in total. The van der Waals surface area contributed by atoms with Gasteiger partial charge in [0.15, 0.2) is 25.3 Å². The average Bonchev–Trinajstić information content (AvgIpc) is 3.26. The fraction of sp³-hybridized carbons (Fsp3) is 0.737. The zero-order valence-electron chi connectivity index (χ0n) is 17.9. The second kappa shape index (κ2) is 7.71. The molecule has 0 bridgehead atoms. The summed E-state index contributed by atoms with van der Waals surface area (Å²) in [5, 5.41) is 0.0658. The van der Waals surface area contributed by atoms with E-state index in [1.165, 1.54) is 0 Å². The predicted octanol–water partition coefficient (Wildman–Crippen LogP) is 3.68. The Kier molecular flexibility index (Phi) is 5.64. The molecule has 9 nitrogen and oxygen atoms in total. The van der Waals surface area contributed by atoms with Crippen LogP contribution in [0.4, 0.5) is 5.82 Å². The third-order valence-corrected chi connectivity index (χ3v) is 8.36. The smallest absolute Gasteiger partial charge is 0.226 e. The van der Waals surface area contributed by atoms with Crippen LogP contribution < -0.4 is 5.73 Å².